The van der Waals surface area contributed by atoms with Gasteiger partial charge in [0.2, 0.25) is 15.9 Å². The number of hydrogen-bond acceptors (Lipinski definition) is 7. The van der Waals surface area contributed by atoms with Crippen molar-refractivity contribution in [1.82, 2.24) is 14.9 Å². The highest BCUT2D eigenvalue weighted by Crippen LogP contribution is 2.30. The molecule has 0 bridgehead atoms. The largest absolute Gasteiger partial charge is 0.493 e. The normalized spacial score (nSPS) is 24.3. The number of nitrogens with zero attached hydrogens (tertiary/aromatic N) is 2. The minimum Gasteiger partial charge on any atom is -0.493 e. The Labute approximate surface area is 171 Å². The van der Waals surface area contributed by atoms with Crippen LogP contribution in [-0.4, -0.2) is 64.7 Å². The molecule has 2 N–H and O–H groups in total. The Balaban J connectivity index is 1.59. The zero-order chi connectivity index (χ0) is 21.0. The van der Waals surface area contributed by atoms with Crippen LogP contribution in [0.1, 0.15) is 25.7 Å². The van der Waals surface area contributed by atoms with Gasteiger partial charge in [-0.1, -0.05) is 0 Å². The standard InChI is InChI=1S/C19H26N4O5S/c1-21-29(25,26)15-6-8-17(18(10-15)27-2)28-12-13-5-7-16(22-13)19(24)23-9-3-4-14(23)11-20/h6,8,10,13-14,16,21-22H,3-5,7,9,12H2,1-2H3/t13-,14+,16+/m1/s1. The molecule has 3 rings (SSSR count). The van der Waals surface area contributed by atoms with Crippen LogP contribution in [0.2, 0.25) is 0 Å². The summed E-state index contributed by atoms with van der Waals surface area (Å²) < 4.78 is 37.2. The van der Waals surface area contributed by atoms with Gasteiger partial charge >= 0.3 is 0 Å². The van der Waals surface area contributed by atoms with Gasteiger partial charge in [-0.15, -0.1) is 0 Å². The Morgan fingerprint density at radius 2 is 2.14 bits per heavy atom. The number of hydrogen-bond donors (Lipinski definition) is 2. The highest BCUT2D eigenvalue weighted by molar-refractivity contribution is 7.89. The summed E-state index contributed by atoms with van der Waals surface area (Å²) in [6, 6.07) is 5.97. The highest BCUT2D eigenvalue weighted by atomic mass is 32.2. The summed E-state index contributed by atoms with van der Waals surface area (Å²) in [6.45, 7) is 0.954. The van der Waals surface area contributed by atoms with Crippen LogP contribution >= 0.6 is 0 Å². The molecule has 0 saturated carbocycles. The number of benzene rings is 1. The first kappa shape index (κ1) is 21.4. The predicted octanol–water partition coefficient (Wildman–Crippen LogP) is 0.617. The van der Waals surface area contributed by atoms with E-state index >= 15 is 0 Å². The Morgan fingerprint density at radius 1 is 1.34 bits per heavy atom. The van der Waals surface area contributed by atoms with E-state index in [1.807, 2.05) is 0 Å². The molecule has 158 valence electrons. The molecule has 2 saturated heterocycles. The van der Waals surface area contributed by atoms with Gasteiger partial charge in [-0.3, -0.25) is 10.1 Å². The van der Waals surface area contributed by atoms with Crippen molar-refractivity contribution < 1.29 is 22.7 Å². The van der Waals surface area contributed by atoms with Crippen LogP contribution in [0.15, 0.2) is 23.1 Å². The Bertz CT molecular complexity index is 898. The van der Waals surface area contributed by atoms with Crippen LogP contribution in [-0.2, 0) is 14.8 Å². The zero-order valence-electron chi connectivity index (χ0n) is 16.6. The van der Waals surface area contributed by atoms with E-state index in [1.54, 1.807) is 11.0 Å². The molecule has 0 radical (unpaired) electrons. The summed E-state index contributed by atoms with van der Waals surface area (Å²) in [7, 11) is -0.782. The molecule has 0 aliphatic carbocycles. The molecule has 9 nitrogen and oxygen atoms in total. The number of nitriles is 1. The first-order valence-electron chi connectivity index (χ1n) is 9.60. The van der Waals surface area contributed by atoms with Crippen molar-refractivity contribution >= 4 is 15.9 Å². The topological polar surface area (TPSA) is 121 Å². The number of amides is 1. The van der Waals surface area contributed by atoms with Gasteiger partial charge in [0.15, 0.2) is 11.5 Å². The number of carbonyl (C=O) groups is 1. The minimum absolute atomic E-state index is 0.0162. The second kappa shape index (κ2) is 8.98. The van der Waals surface area contributed by atoms with Gasteiger partial charge in [0.25, 0.3) is 0 Å². The van der Waals surface area contributed by atoms with E-state index in [-0.39, 0.29) is 28.9 Å². The molecule has 2 heterocycles. The number of methoxy groups -OCH3 is 1. The quantitative estimate of drug-likeness (QED) is 0.661. The van der Waals surface area contributed by atoms with Crippen LogP contribution in [0.3, 0.4) is 0 Å². The van der Waals surface area contributed by atoms with Crippen molar-refractivity contribution in [3.63, 3.8) is 0 Å². The van der Waals surface area contributed by atoms with E-state index in [1.165, 1.54) is 26.3 Å². The van der Waals surface area contributed by atoms with Crippen molar-refractivity contribution in [3.8, 4) is 17.6 Å². The van der Waals surface area contributed by atoms with E-state index in [0.29, 0.717) is 31.1 Å². The highest BCUT2D eigenvalue weighted by Gasteiger charge is 2.37. The molecule has 2 aliphatic rings. The molecule has 0 aromatic heterocycles. The van der Waals surface area contributed by atoms with Gasteiger partial charge < -0.3 is 14.4 Å². The maximum atomic E-state index is 12.7. The summed E-state index contributed by atoms with van der Waals surface area (Å²) in [5, 5.41) is 12.5. The zero-order valence-corrected chi connectivity index (χ0v) is 17.4. The maximum absolute atomic E-state index is 12.7. The Hall–Kier alpha value is -2.35. The van der Waals surface area contributed by atoms with Crippen LogP contribution in [0.4, 0.5) is 0 Å². The summed E-state index contributed by atoms with van der Waals surface area (Å²) in [5.74, 6) is 0.736. The lowest BCUT2D eigenvalue weighted by molar-refractivity contribution is -0.133. The second-order valence-corrected chi connectivity index (χ2v) is 9.03. The first-order chi connectivity index (χ1) is 13.9. The molecule has 2 fully saturated rings. The fourth-order valence-electron chi connectivity index (χ4n) is 3.75. The molecule has 2 aliphatic heterocycles. The van der Waals surface area contributed by atoms with Crippen molar-refractivity contribution in [1.29, 1.82) is 5.26 Å². The van der Waals surface area contributed by atoms with Crippen molar-refractivity contribution in [2.75, 3.05) is 27.3 Å². The van der Waals surface area contributed by atoms with Crippen LogP contribution in [0.5, 0.6) is 11.5 Å². The molecule has 0 unspecified atom stereocenters. The monoisotopic (exact) mass is 422 g/mol. The summed E-state index contributed by atoms with van der Waals surface area (Å²) >= 11 is 0. The molecule has 3 atom stereocenters. The van der Waals surface area contributed by atoms with Crippen molar-refractivity contribution in [3.05, 3.63) is 18.2 Å². The average molecular weight is 423 g/mol. The molecule has 29 heavy (non-hydrogen) atoms. The van der Waals surface area contributed by atoms with Gasteiger partial charge in [0.05, 0.1) is 24.1 Å². The number of rotatable bonds is 7. The lowest BCUT2D eigenvalue weighted by atomic mass is 10.1. The maximum Gasteiger partial charge on any atom is 0.240 e. The molecular weight excluding hydrogens is 396 g/mol. The van der Waals surface area contributed by atoms with Gasteiger partial charge in [-0.2, -0.15) is 5.26 Å². The molecular formula is C19H26N4O5S. The lowest BCUT2D eigenvalue weighted by Gasteiger charge is -2.24. The molecule has 10 heteroatoms. The summed E-state index contributed by atoms with van der Waals surface area (Å²) in [5.41, 5.74) is 0. The number of nitrogens with one attached hydrogen (secondary N) is 2. The number of ether oxygens (including phenoxy) is 2. The van der Waals surface area contributed by atoms with E-state index in [9.17, 15) is 18.5 Å². The second-order valence-electron chi connectivity index (χ2n) is 7.14. The first-order valence-corrected chi connectivity index (χ1v) is 11.1. The van der Waals surface area contributed by atoms with Crippen molar-refractivity contribution in [2.45, 2.75) is 48.7 Å². The van der Waals surface area contributed by atoms with Gasteiger partial charge in [0, 0.05) is 18.7 Å². The van der Waals surface area contributed by atoms with E-state index < -0.39 is 10.0 Å². The van der Waals surface area contributed by atoms with E-state index in [4.69, 9.17) is 9.47 Å². The smallest absolute Gasteiger partial charge is 0.240 e. The molecule has 1 amide bonds. The van der Waals surface area contributed by atoms with Crippen LogP contribution in [0.25, 0.3) is 0 Å². The lowest BCUT2D eigenvalue weighted by Crippen LogP contribution is -2.47. The van der Waals surface area contributed by atoms with Gasteiger partial charge in [-0.05, 0) is 44.9 Å². The van der Waals surface area contributed by atoms with Gasteiger partial charge in [0.1, 0.15) is 12.6 Å². The number of likely N-dealkylation sites (tertiary alicyclic amines) is 1. The number of carbonyl (C=O) groups excluding carboxylic acids is 1. The molecule has 1 aromatic rings. The molecule has 0 spiro atoms. The fraction of sp³-hybridized carbons (Fsp3) is 0.579. The third-order valence-corrected chi connectivity index (χ3v) is 6.79. The van der Waals surface area contributed by atoms with E-state index in [2.05, 4.69) is 16.1 Å². The van der Waals surface area contributed by atoms with Gasteiger partial charge in [-0.25, -0.2) is 13.1 Å². The minimum atomic E-state index is -3.57. The SMILES string of the molecule is CNS(=O)(=O)c1ccc(OC[C@H]2CC[C@@H](C(=O)N3CCC[C@H]3C#N)N2)c(OC)c1. The third kappa shape index (κ3) is 4.63. The summed E-state index contributed by atoms with van der Waals surface area (Å²) in [6.07, 6.45) is 3.07. The summed E-state index contributed by atoms with van der Waals surface area (Å²) in [4.78, 5) is 14.4. The predicted molar refractivity (Wildman–Crippen MR) is 105 cm³/mol. The average Bonchev–Trinajstić information content (AvgIpc) is 3.40. The van der Waals surface area contributed by atoms with Crippen molar-refractivity contribution in [2.24, 2.45) is 0 Å². The van der Waals surface area contributed by atoms with E-state index in [0.717, 1.165) is 19.3 Å². The fourth-order valence-corrected chi connectivity index (χ4v) is 4.50. The number of sulfonamides is 1. The van der Waals surface area contributed by atoms with Crippen LogP contribution < -0.4 is 19.5 Å². The Morgan fingerprint density at radius 3 is 2.83 bits per heavy atom. The van der Waals surface area contributed by atoms with Crippen LogP contribution in [0, 0.1) is 11.3 Å². The molecule has 1 aromatic carbocycles. The Kier molecular flexibility index (Phi) is 6.62. The third-order valence-electron chi connectivity index (χ3n) is 5.38.